The van der Waals surface area contributed by atoms with Crippen LogP contribution in [0.1, 0.15) is 30.1 Å². The van der Waals surface area contributed by atoms with Crippen LogP contribution in [0.2, 0.25) is 0 Å². The van der Waals surface area contributed by atoms with E-state index in [0.29, 0.717) is 25.9 Å². The van der Waals surface area contributed by atoms with Gasteiger partial charge in [-0.1, -0.05) is 12.1 Å². The quantitative estimate of drug-likeness (QED) is 0.281. The summed E-state index contributed by atoms with van der Waals surface area (Å²) < 4.78 is 0. The fourth-order valence-corrected chi connectivity index (χ4v) is 2.45. The highest BCUT2D eigenvalue weighted by atomic mass is 16.4. The summed E-state index contributed by atoms with van der Waals surface area (Å²) in [6.45, 7) is 2.79. The maximum absolute atomic E-state index is 12.4. The van der Waals surface area contributed by atoms with Crippen molar-refractivity contribution in [3.8, 4) is 11.5 Å². The molecule has 1 aromatic carbocycles. The summed E-state index contributed by atoms with van der Waals surface area (Å²) in [6.07, 6.45) is 1.15. The van der Waals surface area contributed by atoms with Gasteiger partial charge in [0.1, 0.15) is 17.3 Å². The highest BCUT2D eigenvalue weighted by Gasteiger charge is 2.36. The first-order chi connectivity index (χ1) is 9.87. The molecule has 1 saturated heterocycles. The molecule has 0 bridgehead atoms. The number of likely N-dealkylation sites (tertiary alicyclic amines) is 1. The minimum atomic E-state index is -0.428. The molecule has 7 heteroatoms. The average molecular weight is 293 g/mol. The zero-order valence-corrected chi connectivity index (χ0v) is 11.8. The maximum Gasteiger partial charge on any atom is 0.257 e. The van der Waals surface area contributed by atoms with Gasteiger partial charge >= 0.3 is 0 Å². The first kappa shape index (κ1) is 15.0. The second-order valence-corrected chi connectivity index (χ2v) is 5.54. The minimum Gasteiger partial charge on any atom is -0.508 e. The Hall–Kier alpha value is -2.44. The predicted octanol–water partition coefficient (Wildman–Crippen LogP) is 1.09. The molecule has 0 atom stereocenters. The van der Waals surface area contributed by atoms with Crippen molar-refractivity contribution in [3.63, 3.8) is 0 Å². The standard InChI is InChI=1S/C14H19N3O4/c1-14(13(15)16-21)4-6-17(7-5-14)12(20)10-3-2-9(18)8-11(10)19/h2-3,8,18-19,21H,4-7H2,1H3,(H2,15,16). The zero-order chi connectivity index (χ0) is 15.6. The number of hydrogen-bond acceptors (Lipinski definition) is 5. The van der Waals surface area contributed by atoms with Crippen LogP contribution < -0.4 is 5.73 Å². The van der Waals surface area contributed by atoms with Gasteiger partial charge in [0.05, 0.1) is 5.56 Å². The van der Waals surface area contributed by atoms with E-state index in [1.165, 1.54) is 12.1 Å². The molecule has 1 aromatic rings. The third-order valence-corrected chi connectivity index (χ3v) is 4.09. The molecule has 0 spiro atoms. The van der Waals surface area contributed by atoms with Crippen LogP contribution in [0.5, 0.6) is 11.5 Å². The number of carbonyl (C=O) groups is 1. The molecule has 1 fully saturated rings. The van der Waals surface area contributed by atoms with Crippen LogP contribution >= 0.6 is 0 Å². The predicted molar refractivity (Wildman–Crippen MR) is 76.4 cm³/mol. The number of oxime groups is 1. The molecule has 114 valence electrons. The Bertz CT molecular complexity index is 578. The Balaban J connectivity index is 2.10. The Labute approximate surface area is 122 Å². The molecule has 7 nitrogen and oxygen atoms in total. The third-order valence-electron chi connectivity index (χ3n) is 4.09. The molecule has 1 amide bonds. The summed E-state index contributed by atoms with van der Waals surface area (Å²) in [4.78, 5) is 14.0. The molecular weight excluding hydrogens is 274 g/mol. The number of carbonyl (C=O) groups excluding carboxylic acids is 1. The molecule has 0 unspecified atom stereocenters. The summed E-state index contributed by atoms with van der Waals surface area (Å²) in [7, 11) is 0. The van der Waals surface area contributed by atoms with E-state index >= 15 is 0 Å². The molecule has 0 aliphatic carbocycles. The number of nitrogens with two attached hydrogens (primary N) is 1. The average Bonchev–Trinajstić information content (AvgIpc) is 2.46. The SMILES string of the molecule is CC1(/C(N)=N/O)CCN(C(=O)c2ccc(O)cc2O)CC1. The van der Waals surface area contributed by atoms with Crippen molar-refractivity contribution < 1.29 is 20.2 Å². The van der Waals surface area contributed by atoms with Gasteiger partial charge in [0.2, 0.25) is 0 Å². The maximum atomic E-state index is 12.4. The lowest BCUT2D eigenvalue weighted by atomic mass is 9.79. The summed E-state index contributed by atoms with van der Waals surface area (Å²) in [5.74, 6) is -0.469. The Morgan fingerprint density at radius 1 is 1.33 bits per heavy atom. The van der Waals surface area contributed by atoms with E-state index in [1.807, 2.05) is 6.92 Å². The lowest BCUT2D eigenvalue weighted by Crippen LogP contribution is -2.47. The number of amidine groups is 1. The molecular formula is C14H19N3O4. The summed E-state index contributed by atoms with van der Waals surface area (Å²) in [5, 5.41) is 30.8. The number of phenolic OH excluding ortho intramolecular Hbond substituents is 2. The van der Waals surface area contributed by atoms with Gasteiger partial charge in [-0.2, -0.15) is 0 Å². The smallest absolute Gasteiger partial charge is 0.257 e. The highest BCUT2D eigenvalue weighted by Crippen LogP contribution is 2.32. The molecule has 5 N–H and O–H groups in total. The van der Waals surface area contributed by atoms with Crippen LogP contribution in [-0.2, 0) is 0 Å². The first-order valence-corrected chi connectivity index (χ1v) is 6.66. The number of amides is 1. The van der Waals surface area contributed by atoms with E-state index in [4.69, 9.17) is 10.9 Å². The van der Waals surface area contributed by atoms with Gasteiger partial charge in [-0.05, 0) is 25.0 Å². The fraction of sp³-hybridized carbons (Fsp3) is 0.429. The number of benzene rings is 1. The third kappa shape index (κ3) is 2.86. The van der Waals surface area contributed by atoms with Crippen LogP contribution in [-0.4, -0.2) is 45.2 Å². The second-order valence-electron chi connectivity index (χ2n) is 5.54. The van der Waals surface area contributed by atoms with Crippen LogP contribution in [0.25, 0.3) is 0 Å². The van der Waals surface area contributed by atoms with Crippen LogP contribution in [0.4, 0.5) is 0 Å². The molecule has 0 aromatic heterocycles. The number of hydrogen-bond donors (Lipinski definition) is 4. The number of nitrogens with zero attached hydrogens (tertiary/aromatic N) is 2. The van der Waals surface area contributed by atoms with Gasteiger partial charge < -0.3 is 26.1 Å². The molecule has 1 heterocycles. The van der Waals surface area contributed by atoms with Crippen molar-refractivity contribution in [3.05, 3.63) is 23.8 Å². The van der Waals surface area contributed by atoms with Crippen molar-refractivity contribution in [2.24, 2.45) is 16.3 Å². The summed E-state index contributed by atoms with van der Waals surface area (Å²) in [5.41, 5.74) is 5.41. The molecule has 1 aliphatic rings. The van der Waals surface area contributed by atoms with Crippen LogP contribution in [0.3, 0.4) is 0 Å². The molecule has 1 aliphatic heterocycles. The van der Waals surface area contributed by atoms with E-state index in [2.05, 4.69) is 5.16 Å². The van der Waals surface area contributed by atoms with Crippen molar-refractivity contribution in [2.45, 2.75) is 19.8 Å². The second kappa shape index (κ2) is 5.51. The summed E-state index contributed by atoms with van der Waals surface area (Å²) >= 11 is 0. The normalized spacial score (nSPS) is 18.5. The van der Waals surface area contributed by atoms with E-state index in [1.54, 1.807) is 4.90 Å². The highest BCUT2D eigenvalue weighted by molar-refractivity contribution is 5.97. The Morgan fingerprint density at radius 3 is 2.48 bits per heavy atom. The largest absolute Gasteiger partial charge is 0.508 e. The van der Waals surface area contributed by atoms with Gasteiger partial charge in [-0.3, -0.25) is 4.79 Å². The zero-order valence-electron chi connectivity index (χ0n) is 11.8. The van der Waals surface area contributed by atoms with E-state index < -0.39 is 5.41 Å². The van der Waals surface area contributed by atoms with Gasteiger partial charge in [-0.15, -0.1) is 0 Å². The summed E-state index contributed by atoms with van der Waals surface area (Å²) in [6, 6.07) is 3.89. The topological polar surface area (TPSA) is 119 Å². The fourth-order valence-electron chi connectivity index (χ4n) is 2.45. The molecule has 0 saturated carbocycles. The molecule has 21 heavy (non-hydrogen) atoms. The number of aromatic hydroxyl groups is 2. The van der Waals surface area contributed by atoms with E-state index in [0.717, 1.165) is 6.07 Å². The molecule has 0 radical (unpaired) electrons. The lowest BCUT2D eigenvalue weighted by molar-refractivity contribution is 0.0663. The minimum absolute atomic E-state index is 0.0952. The lowest BCUT2D eigenvalue weighted by Gasteiger charge is -2.38. The van der Waals surface area contributed by atoms with E-state index in [9.17, 15) is 15.0 Å². The monoisotopic (exact) mass is 293 g/mol. The van der Waals surface area contributed by atoms with Crippen molar-refractivity contribution >= 4 is 11.7 Å². The molecule has 2 rings (SSSR count). The van der Waals surface area contributed by atoms with Gasteiger partial charge in [0.25, 0.3) is 5.91 Å². The van der Waals surface area contributed by atoms with Crippen molar-refractivity contribution in [1.82, 2.24) is 4.90 Å². The number of rotatable bonds is 2. The first-order valence-electron chi connectivity index (χ1n) is 6.66. The van der Waals surface area contributed by atoms with Crippen LogP contribution in [0.15, 0.2) is 23.4 Å². The van der Waals surface area contributed by atoms with Crippen molar-refractivity contribution in [2.75, 3.05) is 13.1 Å². The van der Waals surface area contributed by atoms with Crippen molar-refractivity contribution in [1.29, 1.82) is 0 Å². The number of piperidine rings is 1. The van der Waals surface area contributed by atoms with Gasteiger partial charge in [0, 0.05) is 24.6 Å². The Kier molecular flexibility index (Phi) is 3.93. The van der Waals surface area contributed by atoms with E-state index in [-0.39, 0.29) is 28.8 Å². The Morgan fingerprint density at radius 2 is 1.95 bits per heavy atom. The number of phenols is 2. The van der Waals surface area contributed by atoms with Crippen LogP contribution in [0, 0.1) is 5.41 Å². The van der Waals surface area contributed by atoms with Gasteiger partial charge in [-0.25, -0.2) is 0 Å². The van der Waals surface area contributed by atoms with Gasteiger partial charge in [0.15, 0.2) is 0 Å².